The van der Waals surface area contributed by atoms with Gasteiger partial charge in [-0.2, -0.15) is 0 Å². The van der Waals surface area contributed by atoms with Crippen LogP contribution in [0.2, 0.25) is 0 Å². The summed E-state index contributed by atoms with van der Waals surface area (Å²) in [4.78, 5) is 41.4. The van der Waals surface area contributed by atoms with Crippen LogP contribution in [0.25, 0.3) is 11.2 Å². The van der Waals surface area contributed by atoms with Crippen molar-refractivity contribution in [2.24, 2.45) is 11.8 Å². The van der Waals surface area contributed by atoms with Gasteiger partial charge in [-0.25, -0.2) is 15.0 Å². The summed E-state index contributed by atoms with van der Waals surface area (Å²) in [5.41, 5.74) is 6.89. The number of carbonyl (C=O) groups excluding carboxylic acids is 2. The van der Waals surface area contributed by atoms with Gasteiger partial charge < -0.3 is 35.1 Å². The zero-order valence-electron chi connectivity index (χ0n) is 43.0. The molecular weight excluding hydrogens is 845 g/mol. The molecule has 2 aromatic rings. The predicted octanol–water partition coefficient (Wildman–Crippen LogP) is 12.2. The van der Waals surface area contributed by atoms with Crippen molar-refractivity contribution in [1.29, 1.82) is 0 Å². The molecule has 0 spiro atoms. The number of aliphatic hydroxyl groups is 2. The minimum absolute atomic E-state index is 0.00453. The predicted molar refractivity (Wildman–Crippen MR) is 271 cm³/mol. The maximum atomic E-state index is 13.2. The van der Waals surface area contributed by atoms with E-state index in [0.717, 1.165) is 116 Å². The average Bonchev–Trinajstić information content (AvgIpc) is 3.88. The Hall–Kier alpha value is -2.87. The van der Waals surface area contributed by atoms with E-state index in [1.54, 1.807) is 4.57 Å². The number of aromatic nitrogens is 4. The van der Waals surface area contributed by atoms with E-state index < -0.39 is 24.5 Å². The van der Waals surface area contributed by atoms with Crippen LogP contribution in [0.5, 0.6) is 0 Å². The Labute approximate surface area is 406 Å². The summed E-state index contributed by atoms with van der Waals surface area (Å²) in [5.74, 6) is 0.278. The number of imidazole rings is 1. The molecule has 2 unspecified atom stereocenters. The molecule has 4 N–H and O–H groups in total. The van der Waals surface area contributed by atoms with Gasteiger partial charge in [0.05, 0.1) is 31.4 Å². The summed E-state index contributed by atoms with van der Waals surface area (Å²) >= 11 is 0. The Morgan fingerprint density at radius 3 is 1.49 bits per heavy atom. The minimum Gasteiger partial charge on any atom is -0.465 e. The summed E-state index contributed by atoms with van der Waals surface area (Å²) in [6.07, 6.45) is 34.6. The fourth-order valence-electron chi connectivity index (χ4n) is 9.62. The molecule has 13 heteroatoms. The number of carbonyl (C=O) groups is 2. The molecule has 3 rings (SSSR count). The summed E-state index contributed by atoms with van der Waals surface area (Å²) in [6, 6.07) is 0. The number of nitrogens with zero attached hydrogens (tertiary/aromatic N) is 5. The number of rotatable bonds is 43. The van der Waals surface area contributed by atoms with Crippen LogP contribution in [0.1, 0.15) is 239 Å². The van der Waals surface area contributed by atoms with Crippen LogP contribution < -0.4 is 5.73 Å². The molecule has 386 valence electrons. The van der Waals surface area contributed by atoms with Crippen molar-refractivity contribution in [2.45, 2.75) is 258 Å². The number of hydrogen-bond donors (Lipinski definition) is 3. The minimum atomic E-state index is -1.17. The Kier molecular flexibility index (Phi) is 32.3. The first-order valence-corrected chi connectivity index (χ1v) is 27.8. The number of aliphatic hydroxyl groups excluding tert-OH is 2. The van der Waals surface area contributed by atoms with Crippen molar-refractivity contribution in [3.63, 3.8) is 0 Å². The molecule has 0 amide bonds. The molecule has 0 aromatic carbocycles. The maximum Gasteiger partial charge on any atom is 0.308 e. The van der Waals surface area contributed by atoms with Gasteiger partial charge in [0.2, 0.25) is 0 Å². The van der Waals surface area contributed by atoms with Gasteiger partial charge in [0.25, 0.3) is 0 Å². The number of nitrogens with two attached hydrogens (primary N) is 1. The van der Waals surface area contributed by atoms with Gasteiger partial charge in [0.1, 0.15) is 30.2 Å². The fraction of sp³-hybridized carbons (Fsp3) is 0.870. The van der Waals surface area contributed by atoms with E-state index in [4.69, 9.17) is 19.9 Å². The highest BCUT2D eigenvalue weighted by molar-refractivity contribution is 5.81. The van der Waals surface area contributed by atoms with Crippen molar-refractivity contribution in [1.82, 2.24) is 24.4 Å². The van der Waals surface area contributed by atoms with Gasteiger partial charge in [-0.3, -0.25) is 14.2 Å². The molecular formula is C54H98N6O7. The third kappa shape index (κ3) is 23.5. The van der Waals surface area contributed by atoms with Crippen molar-refractivity contribution in [2.75, 3.05) is 38.6 Å². The lowest BCUT2D eigenvalue weighted by Gasteiger charge is -2.27. The van der Waals surface area contributed by atoms with Crippen LogP contribution in [-0.2, 0) is 23.8 Å². The van der Waals surface area contributed by atoms with E-state index >= 15 is 0 Å². The summed E-state index contributed by atoms with van der Waals surface area (Å²) in [7, 11) is 0. The number of esters is 2. The third-order valence-corrected chi connectivity index (χ3v) is 14.0. The zero-order chi connectivity index (χ0) is 48.3. The van der Waals surface area contributed by atoms with Crippen molar-refractivity contribution < 1.29 is 34.0 Å². The van der Waals surface area contributed by atoms with Crippen molar-refractivity contribution in [3.05, 3.63) is 12.7 Å². The molecule has 0 radical (unpaired) electrons. The van der Waals surface area contributed by atoms with Crippen molar-refractivity contribution >= 4 is 28.9 Å². The fourth-order valence-corrected chi connectivity index (χ4v) is 9.62. The second-order valence-corrected chi connectivity index (χ2v) is 19.8. The second-order valence-electron chi connectivity index (χ2n) is 19.8. The summed E-state index contributed by atoms with van der Waals surface area (Å²) < 4.78 is 19.7. The molecule has 1 fully saturated rings. The average molecular weight is 943 g/mol. The first-order valence-electron chi connectivity index (χ1n) is 27.8. The highest BCUT2D eigenvalue weighted by atomic mass is 16.6. The molecule has 1 aliphatic heterocycles. The normalized spacial score (nSPS) is 18.3. The van der Waals surface area contributed by atoms with E-state index in [1.165, 1.54) is 115 Å². The second kappa shape index (κ2) is 37.0. The molecule has 6 atom stereocenters. The Morgan fingerprint density at radius 2 is 1.01 bits per heavy atom. The van der Waals surface area contributed by atoms with E-state index in [0.29, 0.717) is 30.9 Å². The van der Waals surface area contributed by atoms with E-state index in [-0.39, 0.29) is 29.6 Å². The summed E-state index contributed by atoms with van der Waals surface area (Å²) in [6.45, 7) is 12.0. The first-order chi connectivity index (χ1) is 32.7. The van der Waals surface area contributed by atoms with Crippen LogP contribution in [-0.4, -0.2) is 97.7 Å². The highest BCUT2D eigenvalue weighted by Gasteiger charge is 2.45. The quantitative estimate of drug-likeness (QED) is 0.0424. The van der Waals surface area contributed by atoms with Crippen LogP contribution >= 0.6 is 0 Å². The number of ether oxygens (including phenoxy) is 3. The molecule has 2 aromatic heterocycles. The smallest absolute Gasteiger partial charge is 0.308 e. The molecule has 1 aliphatic rings. The number of hydrogen-bond acceptors (Lipinski definition) is 12. The van der Waals surface area contributed by atoms with Crippen LogP contribution in [0.3, 0.4) is 0 Å². The van der Waals surface area contributed by atoms with Gasteiger partial charge >= 0.3 is 11.9 Å². The molecule has 1 saturated heterocycles. The largest absolute Gasteiger partial charge is 0.465 e. The Bertz CT molecular complexity index is 1490. The SMILES string of the molecule is CCCCCCCCC(CCCCCC)C(=O)OCCCCCCN(CCCCCCOC(=O)C(CCCCCC)CCCCCCCC)C[C@H]1O[C@@H](n2cnc3c(N)ncnc32)[C@H](O)[C@@H]1O. The third-order valence-electron chi connectivity index (χ3n) is 14.0. The Balaban J connectivity index is 1.48. The number of unbranched alkanes of at least 4 members (excludes halogenated alkanes) is 22. The standard InChI is InChI=1S/C54H98N6O7/c1-5-9-13-17-19-27-35-44(33-25-15-11-7-3)53(63)65-39-31-23-21-29-37-59(41-46-48(61)49(62)52(67-46)60-43-58-47-50(55)56-42-57-51(47)60)38-30-22-24-32-40-66-54(64)45(34-26-16-12-8-4)36-28-20-18-14-10-6-2/h42-46,48-49,52,61-62H,5-41H2,1-4H3,(H2,55,56,57)/t44?,45?,46-,48-,49-,52-/m1/s1. The maximum absolute atomic E-state index is 13.2. The molecule has 3 heterocycles. The molecule has 0 saturated carbocycles. The lowest BCUT2D eigenvalue weighted by Crippen LogP contribution is -2.40. The lowest BCUT2D eigenvalue weighted by molar-refractivity contribution is -0.150. The van der Waals surface area contributed by atoms with Gasteiger partial charge in [-0.15, -0.1) is 0 Å². The van der Waals surface area contributed by atoms with E-state index in [9.17, 15) is 19.8 Å². The molecule has 67 heavy (non-hydrogen) atoms. The monoisotopic (exact) mass is 943 g/mol. The topological polar surface area (TPSA) is 175 Å². The number of nitrogen functional groups attached to an aromatic ring is 1. The van der Waals surface area contributed by atoms with Gasteiger partial charge in [-0.05, 0) is 64.5 Å². The van der Waals surface area contributed by atoms with Crippen LogP contribution in [0.4, 0.5) is 5.82 Å². The number of fused-ring (bicyclic) bond motifs is 1. The summed E-state index contributed by atoms with van der Waals surface area (Å²) in [5, 5.41) is 22.4. The van der Waals surface area contributed by atoms with E-state index in [1.807, 2.05) is 0 Å². The highest BCUT2D eigenvalue weighted by Crippen LogP contribution is 2.33. The molecule has 0 aliphatic carbocycles. The first kappa shape index (κ1) is 58.4. The van der Waals surface area contributed by atoms with E-state index in [2.05, 4.69) is 47.5 Å². The molecule has 0 bridgehead atoms. The van der Waals surface area contributed by atoms with Gasteiger partial charge in [0.15, 0.2) is 17.7 Å². The van der Waals surface area contributed by atoms with Crippen molar-refractivity contribution in [3.8, 4) is 0 Å². The molecule has 13 nitrogen and oxygen atoms in total. The lowest BCUT2D eigenvalue weighted by atomic mass is 9.94. The Morgan fingerprint density at radius 1 is 0.597 bits per heavy atom. The van der Waals surface area contributed by atoms with Gasteiger partial charge in [0, 0.05) is 6.54 Å². The van der Waals surface area contributed by atoms with Crippen LogP contribution in [0.15, 0.2) is 12.7 Å². The number of anilines is 1. The zero-order valence-corrected chi connectivity index (χ0v) is 43.0. The van der Waals surface area contributed by atoms with Crippen LogP contribution in [0, 0.1) is 11.8 Å². The van der Waals surface area contributed by atoms with Gasteiger partial charge in [-0.1, -0.05) is 182 Å².